The highest BCUT2D eigenvalue weighted by Crippen LogP contribution is 2.35. The highest BCUT2D eigenvalue weighted by Gasteiger charge is 2.49. The fraction of sp³-hybridized carbons (Fsp3) is 0.368. The first-order valence-corrected chi connectivity index (χ1v) is 9.81. The maximum Gasteiger partial charge on any atom is 0.375 e. The number of phenolic OH excluding ortho intramolecular Hbond substituents is 1. The number of phenols is 1. The van der Waals surface area contributed by atoms with Gasteiger partial charge < -0.3 is 14.3 Å². The summed E-state index contributed by atoms with van der Waals surface area (Å²) in [6.07, 6.45) is 0.578. The van der Waals surface area contributed by atoms with E-state index < -0.39 is 8.56 Å². The Bertz CT molecular complexity index is 619. The second-order valence-corrected chi connectivity index (χ2v) is 10.7. The Hall–Kier alpha value is -1.62. The number of hydrogen-bond acceptors (Lipinski definition) is 3. The van der Waals surface area contributed by atoms with Crippen molar-refractivity contribution >= 4 is 13.7 Å². The van der Waals surface area contributed by atoms with Gasteiger partial charge in [0, 0.05) is 11.1 Å². The van der Waals surface area contributed by atoms with Gasteiger partial charge in [-0.05, 0) is 36.2 Å². The lowest BCUT2D eigenvalue weighted by atomic mass is 10.1. The van der Waals surface area contributed by atoms with E-state index in [9.17, 15) is 9.90 Å². The Morgan fingerprint density at radius 3 is 2.09 bits per heavy atom. The normalized spacial score (nSPS) is 15.9. The van der Waals surface area contributed by atoms with Crippen molar-refractivity contribution in [2.75, 3.05) is 0 Å². The standard InChI is InChI=1S/C19H26O3Si/c1-15(14-16-10-12-17(20)13-11-16)22-23(21,19(2,3)4)18-8-6-5-7-9-18/h5-13,15,20-21H,14H2,1-4H3. The van der Waals surface area contributed by atoms with Gasteiger partial charge in [-0.2, -0.15) is 0 Å². The van der Waals surface area contributed by atoms with Gasteiger partial charge >= 0.3 is 8.56 Å². The molecule has 2 rings (SSSR count). The van der Waals surface area contributed by atoms with Gasteiger partial charge in [-0.15, -0.1) is 0 Å². The summed E-state index contributed by atoms with van der Waals surface area (Å²) in [4.78, 5) is 11.4. The summed E-state index contributed by atoms with van der Waals surface area (Å²) in [6, 6.07) is 16.8. The Balaban J connectivity index is 2.19. The van der Waals surface area contributed by atoms with Gasteiger partial charge in [0.05, 0.1) is 0 Å². The van der Waals surface area contributed by atoms with Crippen LogP contribution in [-0.4, -0.2) is 24.6 Å². The van der Waals surface area contributed by atoms with E-state index in [4.69, 9.17) is 4.43 Å². The van der Waals surface area contributed by atoms with E-state index in [-0.39, 0.29) is 16.9 Å². The van der Waals surface area contributed by atoms with Crippen molar-refractivity contribution in [2.24, 2.45) is 0 Å². The van der Waals surface area contributed by atoms with Crippen LogP contribution in [0.3, 0.4) is 0 Å². The zero-order chi connectivity index (χ0) is 17.1. The quantitative estimate of drug-likeness (QED) is 0.825. The molecule has 0 fully saturated rings. The molecule has 0 aliphatic heterocycles. The zero-order valence-corrected chi connectivity index (χ0v) is 15.3. The Morgan fingerprint density at radius 2 is 1.57 bits per heavy atom. The summed E-state index contributed by atoms with van der Waals surface area (Å²) in [6.45, 7) is 8.07. The van der Waals surface area contributed by atoms with Gasteiger partial charge in [0.1, 0.15) is 5.75 Å². The molecule has 0 saturated heterocycles. The maximum atomic E-state index is 11.4. The smallest absolute Gasteiger partial charge is 0.375 e. The minimum atomic E-state index is -3.10. The van der Waals surface area contributed by atoms with Crippen molar-refractivity contribution in [1.82, 2.24) is 0 Å². The second-order valence-electron chi connectivity index (χ2n) is 7.06. The zero-order valence-electron chi connectivity index (χ0n) is 14.3. The molecule has 23 heavy (non-hydrogen) atoms. The van der Waals surface area contributed by atoms with E-state index in [0.29, 0.717) is 6.42 Å². The largest absolute Gasteiger partial charge is 0.508 e. The molecular weight excluding hydrogens is 304 g/mol. The molecule has 2 N–H and O–H groups in total. The monoisotopic (exact) mass is 330 g/mol. The minimum absolute atomic E-state index is 0.115. The van der Waals surface area contributed by atoms with Crippen LogP contribution < -0.4 is 5.19 Å². The van der Waals surface area contributed by atoms with Crippen molar-refractivity contribution in [2.45, 2.75) is 45.3 Å². The van der Waals surface area contributed by atoms with E-state index >= 15 is 0 Å². The van der Waals surface area contributed by atoms with Gasteiger partial charge in [0.2, 0.25) is 0 Å². The molecule has 2 atom stereocenters. The average Bonchev–Trinajstić information content (AvgIpc) is 2.49. The number of aromatic hydroxyl groups is 1. The lowest BCUT2D eigenvalue weighted by Crippen LogP contribution is -2.59. The molecule has 3 nitrogen and oxygen atoms in total. The molecule has 2 aromatic rings. The number of benzene rings is 2. The average molecular weight is 331 g/mol. The molecule has 0 aromatic heterocycles. The first kappa shape index (κ1) is 17.7. The predicted octanol–water partition coefficient (Wildman–Crippen LogP) is 3.48. The molecule has 0 aliphatic rings. The molecule has 0 radical (unpaired) electrons. The molecule has 0 heterocycles. The SMILES string of the molecule is CC(Cc1ccc(O)cc1)O[Si](O)(c1ccccc1)C(C)(C)C. The van der Waals surface area contributed by atoms with E-state index in [1.54, 1.807) is 12.1 Å². The van der Waals surface area contributed by atoms with E-state index in [0.717, 1.165) is 10.8 Å². The van der Waals surface area contributed by atoms with Crippen LogP contribution in [0.15, 0.2) is 54.6 Å². The summed E-state index contributed by atoms with van der Waals surface area (Å²) in [7, 11) is -3.10. The molecule has 0 bridgehead atoms. The molecule has 0 saturated carbocycles. The third-order valence-electron chi connectivity index (χ3n) is 4.01. The first-order valence-electron chi connectivity index (χ1n) is 7.96. The second kappa shape index (κ2) is 6.87. The van der Waals surface area contributed by atoms with Gasteiger partial charge in [0.25, 0.3) is 0 Å². The molecule has 2 aromatic carbocycles. The molecule has 4 heteroatoms. The predicted molar refractivity (Wildman–Crippen MR) is 96.1 cm³/mol. The highest BCUT2D eigenvalue weighted by atomic mass is 28.4. The Kier molecular flexibility index (Phi) is 5.29. The molecule has 124 valence electrons. The van der Waals surface area contributed by atoms with Crippen LogP contribution in [0.25, 0.3) is 0 Å². The van der Waals surface area contributed by atoms with Crippen molar-refractivity contribution < 1.29 is 14.3 Å². The Labute approximate surface area is 139 Å². The van der Waals surface area contributed by atoms with Gasteiger partial charge in [-0.3, -0.25) is 0 Å². The van der Waals surface area contributed by atoms with Crippen LogP contribution in [0.5, 0.6) is 5.75 Å². The summed E-state index contributed by atoms with van der Waals surface area (Å²) >= 11 is 0. The minimum Gasteiger partial charge on any atom is -0.508 e. The fourth-order valence-electron chi connectivity index (χ4n) is 2.64. The Morgan fingerprint density at radius 1 is 1.00 bits per heavy atom. The maximum absolute atomic E-state index is 11.4. The lowest BCUT2D eigenvalue weighted by Gasteiger charge is -2.39. The third-order valence-corrected chi connectivity index (χ3v) is 7.91. The van der Waals surface area contributed by atoms with Crippen LogP contribution in [0, 0.1) is 0 Å². The van der Waals surface area contributed by atoms with Gasteiger partial charge in [-0.1, -0.05) is 63.2 Å². The van der Waals surface area contributed by atoms with Crippen LogP contribution in [0.4, 0.5) is 0 Å². The van der Waals surface area contributed by atoms with E-state index in [1.165, 1.54) is 0 Å². The summed E-state index contributed by atoms with van der Waals surface area (Å²) in [5.41, 5.74) is 1.08. The third kappa shape index (κ3) is 4.22. The van der Waals surface area contributed by atoms with Crippen molar-refractivity contribution in [3.8, 4) is 5.75 Å². The molecule has 0 spiro atoms. The van der Waals surface area contributed by atoms with Crippen LogP contribution in [0.1, 0.15) is 33.3 Å². The lowest BCUT2D eigenvalue weighted by molar-refractivity contribution is 0.152. The number of rotatable bonds is 5. The molecule has 2 unspecified atom stereocenters. The highest BCUT2D eigenvalue weighted by molar-refractivity contribution is 6.82. The molecule has 0 amide bonds. The fourth-order valence-corrected chi connectivity index (χ4v) is 5.30. The summed E-state index contributed by atoms with van der Waals surface area (Å²) < 4.78 is 6.25. The molecular formula is C19H26O3Si. The molecule has 0 aliphatic carbocycles. The van der Waals surface area contributed by atoms with E-state index in [1.807, 2.05) is 70.2 Å². The number of hydrogen-bond donors (Lipinski definition) is 2. The topological polar surface area (TPSA) is 49.7 Å². The van der Waals surface area contributed by atoms with Crippen molar-refractivity contribution in [3.05, 3.63) is 60.2 Å². The van der Waals surface area contributed by atoms with Crippen molar-refractivity contribution in [1.29, 1.82) is 0 Å². The van der Waals surface area contributed by atoms with Gasteiger partial charge in [-0.25, -0.2) is 0 Å². The summed E-state index contributed by atoms with van der Waals surface area (Å²) in [5.74, 6) is 0.257. The van der Waals surface area contributed by atoms with Crippen molar-refractivity contribution in [3.63, 3.8) is 0 Å². The first-order chi connectivity index (χ1) is 10.7. The van der Waals surface area contributed by atoms with Crippen LogP contribution in [0.2, 0.25) is 5.04 Å². The van der Waals surface area contributed by atoms with E-state index in [2.05, 4.69) is 0 Å². The van der Waals surface area contributed by atoms with Crippen LogP contribution >= 0.6 is 0 Å². The van der Waals surface area contributed by atoms with Crippen LogP contribution in [-0.2, 0) is 10.8 Å². The van der Waals surface area contributed by atoms with Gasteiger partial charge in [0.15, 0.2) is 0 Å². The summed E-state index contributed by atoms with van der Waals surface area (Å²) in [5, 5.41) is 9.93.